The number of thiophene rings is 1. The van der Waals surface area contributed by atoms with Crippen LogP contribution < -0.4 is 15.5 Å². The first kappa shape index (κ1) is 18.9. The summed E-state index contributed by atoms with van der Waals surface area (Å²) in [6.45, 7) is 5.50. The minimum Gasteiger partial charge on any atom is -0.372 e. The number of carbonyl (C=O) groups is 2. The Kier molecular flexibility index (Phi) is 8.21. The number of ether oxygens (including phenoxy) is 1. The fraction of sp³-hybridized carbons (Fsp3) is 0.647. The lowest BCUT2D eigenvalue weighted by molar-refractivity contribution is -0.908. The van der Waals surface area contributed by atoms with E-state index in [9.17, 15) is 9.59 Å². The number of quaternary nitrogens is 1. The molecule has 24 heavy (non-hydrogen) atoms. The second-order valence-electron chi connectivity index (χ2n) is 6.15. The zero-order valence-corrected chi connectivity index (χ0v) is 15.1. The minimum atomic E-state index is -0.135. The molecule has 1 unspecified atom stereocenters. The van der Waals surface area contributed by atoms with Crippen LogP contribution in [0.2, 0.25) is 0 Å². The number of rotatable bonds is 10. The minimum absolute atomic E-state index is 0.0467. The van der Waals surface area contributed by atoms with Crippen molar-refractivity contribution in [2.75, 3.05) is 32.8 Å². The van der Waals surface area contributed by atoms with Gasteiger partial charge in [-0.25, -0.2) is 0 Å². The van der Waals surface area contributed by atoms with Crippen molar-refractivity contribution < 1.29 is 19.2 Å². The summed E-state index contributed by atoms with van der Waals surface area (Å²) in [5, 5.41) is 7.53. The van der Waals surface area contributed by atoms with Gasteiger partial charge in [-0.05, 0) is 30.7 Å². The SMILES string of the molecule is CCCNC(=O)CNC(=O)C[NH+](Cc1cccs1)C[C@H]1CCCO1. The summed E-state index contributed by atoms with van der Waals surface area (Å²) in [7, 11) is 0. The summed E-state index contributed by atoms with van der Waals surface area (Å²) in [6.07, 6.45) is 3.29. The molecule has 1 saturated heterocycles. The van der Waals surface area contributed by atoms with Crippen molar-refractivity contribution >= 4 is 23.2 Å². The fourth-order valence-electron chi connectivity index (χ4n) is 2.79. The summed E-state index contributed by atoms with van der Waals surface area (Å²) in [6, 6.07) is 4.12. The number of nitrogens with one attached hydrogen (secondary N) is 3. The fourth-order valence-corrected chi connectivity index (χ4v) is 3.57. The molecule has 0 saturated carbocycles. The Labute approximate surface area is 147 Å². The van der Waals surface area contributed by atoms with Gasteiger partial charge in [-0.15, -0.1) is 11.3 Å². The molecule has 0 aromatic carbocycles. The smallest absolute Gasteiger partial charge is 0.275 e. The summed E-state index contributed by atoms with van der Waals surface area (Å²) < 4.78 is 5.71. The highest BCUT2D eigenvalue weighted by molar-refractivity contribution is 7.09. The van der Waals surface area contributed by atoms with Crippen molar-refractivity contribution in [3.05, 3.63) is 22.4 Å². The highest BCUT2D eigenvalue weighted by Gasteiger charge is 2.24. The van der Waals surface area contributed by atoms with E-state index in [0.29, 0.717) is 13.1 Å². The van der Waals surface area contributed by atoms with E-state index in [2.05, 4.69) is 22.1 Å². The Morgan fingerprint density at radius 2 is 2.25 bits per heavy atom. The van der Waals surface area contributed by atoms with Gasteiger partial charge in [0.2, 0.25) is 5.91 Å². The lowest BCUT2D eigenvalue weighted by Gasteiger charge is -2.21. The van der Waals surface area contributed by atoms with E-state index < -0.39 is 0 Å². The Bertz CT molecular complexity index is 501. The topological polar surface area (TPSA) is 71.9 Å². The van der Waals surface area contributed by atoms with E-state index in [1.165, 1.54) is 9.78 Å². The molecule has 1 aromatic heterocycles. The van der Waals surface area contributed by atoms with Crippen LogP contribution in [0.5, 0.6) is 0 Å². The van der Waals surface area contributed by atoms with Crippen LogP contribution in [0.1, 0.15) is 31.1 Å². The van der Waals surface area contributed by atoms with Gasteiger partial charge < -0.3 is 20.3 Å². The summed E-state index contributed by atoms with van der Waals surface area (Å²) in [4.78, 5) is 26.2. The van der Waals surface area contributed by atoms with Gasteiger partial charge in [0.05, 0.1) is 11.4 Å². The van der Waals surface area contributed by atoms with Crippen LogP contribution >= 0.6 is 11.3 Å². The monoisotopic (exact) mass is 354 g/mol. The maximum Gasteiger partial charge on any atom is 0.275 e. The second-order valence-corrected chi connectivity index (χ2v) is 7.18. The number of hydrogen-bond donors (Lipinski definition) is 3. The zero-order valence-electron chi connectivity index (χ0n) is 14.3. The van der Waals surface area contributed by atoms with Crippen molar-refractivity contribution in [2.45, 2.75) is 38.8 Å². The van der Waals surface area contributed by atoms with Crippen LogP contribution in [0.3, 0.4) is 0 Å². The number of carbonyl (C=O) groups excluding carboxylic acids is 2. The predicted molar refractivity (Wildman–Crippen MR) is 94.0 cm³/mol. The van der Waals surface area contributed by atoms with Crippen LogP contribution in [-0.4, -0.2) is 50.7 Å². The quantitative estimate of drug-likeness (QED) is 0.552. The van der Waals surface area contributed by atoms with E-state index in [-0.39, 0.29) is 24.5 Å². The molecule has 1 aliphatic heterocycles. The largest absolute Gasteiger partial charge is 0.372 e. The van der Waals surface area contributed by atoms with Gasteiger partial charge >= 0.3 is 0 Å². The maximum atomic E-state index is 12.2. The molecule has 0 aliphatic carbocycles. The summed E-state index contributed by atoms with van der Waals surface area (Å²) in [5.41, 5.74) is 0. The lowest BCUT2D eigenvalue weighted by Crippen LogP contribution is -3.13. The van der Waals surface area contributed by atoms with Crippen LogP contribution in [-0.2, 0) is 20.9 Å². The van der Waals surface area contributed by atoms with Gasteiger partial charge in [0, 0.05) is 13.2 Å². The average Bonchev–Trinajstić information content (AvgIpc) is 3.24. The molecule has 2 amide bonds. The van der Waals surface area contributed by atoms with Crippen molar-refractivity contribution in [2.24, 2.45) is 0 Å². The summed E-state index contributed by atoms with van der Waals surface area (Å²) >= 11 is 1.71. The first-order chi connectivity index (χ1) is 11.7. The van der Waals surface area contributed by atoms with Crippen LogP contribution in [0.15, 0.2) is 17.5 Å². The van der Waals surface area contributed by atoms with Crippen molar-refractivity contribution in [1.82, 2.24) is 10.6 Å². The second kappa shape index (κ2) is 10.4. The van der Waals surface area contributed by atoms with E-state index in [4.69, 9.17) is 4.74 Å². The van der Waals surface area contributed by atoms with Crippen molar-refractivity contribution in [3.63, 3.8) is 0 Å². The average molecular weight is 354 g/mol. The Morgan fingerprint density at radius 3 is 2.92 bits per heavy atom. The first-order valence-electron chi connectivity index (χ1n) is 8.68. The molecular weight excluding hydrogens is 326 g/mol. The number of hydrogen-bond acceptors (Lipinski definition) is 4. The Balaban J connectivity index is 1.79. The van der Waals surface area contributed by atoms with Crippen LogP contribution in [0.25, 0.3) is 0 Å². The molecule has 0 spiro atoms. The van der Waals surface area contributed by atoms with Crippen molar-refractivity contribution in [3.8, 4) is 0 Å². The molecule has 1 fully saturated rings. The van der Waals surface area contributed by atoms with Gasteiger partial charge in [-0.2, -0.15) is 0 Å². The molecule has 3 N–H and O–H groups in total. The van der Waals surface area contributed by atoms with E-state index in [1.54, 1.807) is 11.3 Å². The predicted octanol–water partition coefficient (Wildman–Crippen LogP) is -0.0456. The van der Waals surface area contributed by atoms with Crippen molar-refractivity contribution in [1.29, 1.82) is 0 Å². The van der Waals surface area contributed by atoms with Crippen LogP contribution in [0, 0.1) is 0 Å². The van der Waals surface area contributed by atoms with Gasteiger partial charge in [0.25, 0.3) is 5.91 Å². The lowest BCUT2D eigenvalue weighted by atomic mass is 10.2. The zero-order chi connectivity index (χ0) is 17.2. The molecule has 2 atom stereocenters. The van der Waals surface area contributed by atoms with Crippen LogP contribution in [0.4, 0.5) is 0 Å². The number of amides is 2. The third-order valence-corrected chi connectivity index (χ3v) is 4.85. The molecule has 2 heterocycles. The maximum absolute atomic E-state index is 12.2. The van der Waals surface area contributed by atoms with Gasteiger partial charge in [0.1, 0.15) is 19.2 Å². The standard InChI is InChI=1S/C17H27N3O3S/c1-2-7-18-16(21)10-19-17(22)13-20(11-14-5-3-8-23-14)12-15-6-4-9-24-15/h4,6,9,14H,2-3,5,7-8,10-13H2,1H3,(H,18,21)(H,19,22)/p+1/t14-/m1/s1. The molecule has 1 aliphatic rings. The Morgan fingerprint density at radius 1 is 1.38 bits per heavy atom. The molecule has 6 nitrogen and oxygen atoms in total. The Hall–Kier alpha value is -1.44. The third-order valence-electron chi connectivity index (χ3n) is 3.97. The third kappa shape index (κ3) is 6.98. The normalized spacial score (nSPS) is 18.3. The van der Waals surface area contributed by atoms with Gasteiger partial charge in [0.15, 0.2) is 6.54 Å². The molecule has 0 radical (unpaired) electrons. The molecule has 1 aromatic rings. The first-order valence-corrected chi connectivity index (χ1v) is 9.56. The highest BCUT2D eigenvalue weighted by Crippen LogP contribution is 2.10. The molecular formula is C17H28N3O3S+. The molecule has 134 valence electrons. The van der Waals surface area contributed by atoms with E-state index >= 15 is 0 Å². The molecule has 7 heteroatoms. The van der Waals surface area contributed by atoms with E-state index in [1.807, 2.05) is 13.0 Å². The molecule has 2 rings (SSSR count). The highest BCUT2D eigenvalue weighted by atomic mass is 32.1. The van der Waals surface area contributed by atoms with E-state index in [0.717, 1.165) is 39.0 Å². The van der Waals surface area contributed by atoms with Gasteiger partial charge in [-0.3, -0.25) is 9.59 Å². The summed E-state index contributed by atoms with van der Waals surface area (Å²) in [5.74, 6) is -0.227. The van der Waals surface area contributed by atoms with Gasteiger partial charge in [-0.1, -0.05) is 13.0 Å². The molecule has 0 bridgehead atoms.